The van der Waals surface area contributed by atoms with Gasteiger partial charge in [0, 0.05) is 20.6 Å². The van der Waals surface area contributed by atoms with Crippen LogP contribution in [-0.2, 0) is 10.0 Å². The summed E-state index contributed by atoms with van der Waals surface area (Å²) < 4.78 is 41.7. The van der Waals surface area contributed by atoms with E-state index >= 15 is 0 Å². The molecule has 0 spiro atoms. The van der Waals surface area contributed by atoms with Gasteiger partial charge in [0.05, 0.1) is 16.3 Å². The maximum atomic E-state index is 14.4. The lowest BCUT2D eigenvalue weighted by Crippen LogP contribution is -2.15. The fourth-order valence-corrected chi connectivity index (χ4v) is 4.09. The summed E-state index contributed by atoms with van der Waals surface area (Å²) in [6.07, 6.45) is 0. The van der Waals surface area contributed by atoms with Gasteiger partial charge in [-0.15, -0.1) is 0 Å². The smallest absolute Gasteiger partial charge is 0.261 e. The van der Waals surface area contributed by atoms with Crippen LogP contribution in [0.15, 0.2) is 65.6 Å². The highest BCUT2D eigenvalue weighted by Gasteiger charge is 2.18. The zero-order chi connectivity index (χ0) is 21.2. The molecular weight excluding hydrogens is 462 g/mol. The predicted molar refractivity (Wildman–Crippen MR) is 113 cm³/mol. The molecule has 10 heteroatoms. The van der Waals surface area contributed by atoms with Gasteiger partial charge in [0.15, 0.2) is 0 Å². The van der Waals surface area contributed by atoms with Crippen LogP contribution in [0, 0.1) is 5.82 Å². The van der Waals surface area contributed by atoms with Crippen molar-refractivity contribution in [3.63, 3.8) is 0 Å². The number of benzene rings is 3. The minimum Gasteiger partial charge on any atom is -0.319 e. The first-order valence-corrected chi connectivity index (χ1v) is 10.6. The number of nitrogens with one attached hydrogen (secondary N) is 2. The Morgan fingerprint density at radius 2 is 1.45 bits per heavy atom. The Morgan fingerprint density at radius 3 is 2.03 bits per heavy atom. The SMILES string of the molecule is O=C(Nc1ccc(S(=O)(=O)Nc2cc(Cl)cc(Cl)c2)cc1F)c1ccc(Cl)cc1. The summed E-state index contributed by atoms with van der Waals surface area (Å²) in [5.74, 6) is -1.48. The number of carbonyl (C=O) groups excluding carboxylic acids is 1. The molecule has 0 bridgehead atoms. The van der Waals surface area contributed by atoms with Crippen LogP contribution in [0.4, 0.5) is 15.8 Å². The minimum absolute atomic E-state index is 0.128. The van der Waals surface area contributed by atoms with Crippen molar-refractivity contribution in [3.05, 3.63) is 87.1 Å². The molecule has 0 aliphatic heterocycles. The summed E-state index contributed by atoms with van der Waals surface area (Å²) in [7, 11) is -4.11. The summed E-state index contributed by atoms with van der Waals surface area (Å²) in [6.45, 7) is 0. The number of amides is 1. The molecule has 0 aliphatic rings. The van der Waals surface area contributed by atoms with Gasteiger partial charge >= 0.3 is 0 Å². The van der Waals surface area contributed by atoms with Crippen molar-refractivity contribution in [1.29, 1.82) is 0 Å². The third kappa shape index (κ3) is 5.39. The molecule has 0 aromatic heterocycles. The highest BCUT2D eigenvalue weighted by molar-refractivity contribution is 7.92. The van der Waals surface area contributed by atoms with Gasteiger partial charge < -0.3 is 5.32 Å². The molecular formula is C19H12Cl3FN2O3S. The predicted octanol–water partition coefficient (Wildman–Crippen LogP) is 5.84. The number of anilines is 2. The van der Waals surface area contributed by atoms with Crippen molar-refractivity contribution in [2.75, 3.05) is 10.0 Å². The molecule has 2 N–H and O–H groups in total. The molecule has 0 fully saturated rings. The van der Waals surface area contributed by atoms with Crippen LogP contribution in [0.1, 0.15) is 10.4 Å². The van der Waals surface area contributed by atoms with Crippen LogP contribution in [0.5, 0.6) is 0 Å². The molecule has 0 aliphatic carbocycles. The number of hydrogen-bond acceptors (Lipinski definition) is 3. The maximum absolute atomic E-state index is 14.4. The van der Waals surface area contributed by atoms with Crippen LogP contribution < -0.4 is 10.0 Å². The minimum atomic E-state index is -4.11. The summed E-state index contributed by atoms with van der Waals surface area (Å²) in [6, 6.07) is 13.3. The van der Waals surface area contributed by atoms with E-state index in [0.717, 1.165) is 18.2 Å². The molecule has 0 saturated heterocycles. The molecule has 3 aromatic carbocycles. The standard InChI is InChI=1S/C19H12Cl3FN2O3S/c20-12-3-1-11(2-4-12)19(26)24-18-6-5-16(10-17(18)23)29(27,28)25-15-8-13(21)7-14(22)9-15/h1-10,25H,(H,24,26). The summed E-state index contributed by atoms with van der Waals surface area (Å²) in [5, 5.41) is 3.31. The van der Waals surface area contributed by atoms with Crippen molar-refractivity contribution in [1.82, 2.24) is 0 Å². The Hall–Kier alpha value is -2.32. The van der Waals surface area contributed by atoms with E-state index in [1.807, 2.05) is 0 Å². The number of carbonyl (C=O) groups is 1. The van der Waals surface area contributed by atoms with E-state index in [1.165, 1.54) is 42.5 Å². The Morgan fingerprint density at radius 1 is 0.828 bits per heavy atom. The number of rotatable bonds is 5. The van der Waals surface area contributed by atoms with Crippen LogP contribution in [0.2, 0.25) is 15.1 Å². The second-order valence-corrected chi connectivity index (χ2v) is 8.86. The fourth-order valence-electron chi connectivity index (χ4n) is 2.39. The maximum Gasteiger partial charge on any atom is 0.261 e. The Labute approximate surface area is 181 Å². The Bertz CT molecular complexity index is 1170. The van der Waals surface area contributed by atoms with Gasteiger partial charge in [0.2, 0.25) is 0 Å². The van der Waals surface area contributed by atoms with Crippen molar-refractivity contribution in [2.24, 2.45) is 0 Å². The number of hydrogen-bond donors (Lipinski definition) is 2. The normalized spacial score (nSPS) is 11.2. The molecule has 3 rings (SSSR count). The first-order valence-electron chi connectivity index (χ1n) is 7.99. The molecule has 0 atom stereocenters. The van der Waals surface area contributed by atoms with Gasteiger partial charge in [-0.1, -0.05) is 34.8 Å². The lowest BCUT2D eigenvalue weighted by Gasteiger charge is -2.11. The molecule has 0 unspecified atom stereocenters. The highest BCUT2D eigenvalue weighted by Crippen LogP contribution is 2.26. The van der Waals surface area contributed by atoms with Gasteiger partial charge in [-0.25, -0.2) is 12.8 Å². The van der Waals surface area contributed by atoms with Crippen LogP contribution in [-0.4, -0.2) is 14.3 Å². The van der Waals surface area contributed by atoms with Gasteiger partial charge in [-0.05, 0) is 60.7 Å². The largest absolute Gasteiger partial charge is 0.319 e. The molecule has 0 radical (unpaired) electrons. The van der Waals surface area contributed by atoms with Crippen molar-refractivity contribution >= 4 is 62.1 Å². The molecule has 0 heterocycles. The first-order chi connectivity index (χ1) is 13.6. The topological polar surface area (TPSA) is 75.3 Å². The third-order valence-corrected chi connectivity index (χ3v) is 5.79. The van der Waals surface area contributed by atoms with Crippen LogP contribution in [0.3, 0.4) is 0 Å². The summed E-state index contributed by atoms with van der Waals surface area (Å²) in [5.41, 5.74) is 0.225. The molecule has 3 aromatic rings. The van der Waals surface area contributed by atoms with Gasteiger partial charge in [-0.3, -0.25) is 9.52 Å². The second-order valence-electron chi connectivity index (χ2n) is 5.87. The van der Waals surface area contributed by atoms with E-state index in [9.17, 15) is 17.6 Å². The van der Waals surface area contributed by atoms with Gasteiger partial charge in [-0.2, -0.15) is 0 Å². The van der Waals surface area contributed by atoms with Gasteiger partial charge in [0.25, 0.3) is 15.9 Å². The lowest BCUT2D eigenvalue weighted by atomic mass is 10.2. The van der Waals surface area contributed by atoms with E-state index < -0.39 is 21.7 Å². The molecule has 29 heavy (non-hydrogen) atoms. The van der Waals surface area contributed by atoms with E-state index in [-0.39, 0.29) is 31.9 Å². The van der Waals surface area contributed by atoms with Crippen LogP contribution in [0.25, 0.3) is 0 Å². The van der Waals surface area contributed by atoms with Gasteiger partial charge in [0.1, 0.15) is 5.82 Å². The molecule has 150 valence electrons. The van der Waals surface area contributed by atoms with Crippen molar-refractivity contribution < 1.29 is 17.6 Å². The molecule has 5 nitrogen and oxygen atoms in total. The van der Waals surface area contributed by atoms with Crippen molar-refractivity contribution in [2.45, 2.75) is 4.90 Å². The second kappa shape index (κ2) is 8.59. The summed E-state index contributed by atoms with van der Waals surface area (Å²) >= 11 is 17.5. The zero-order valence-corrected chi connectivity index (χ0v) is 17.5. The molecule has 1 amide bonds. The molecule has 0 saturated carbocycles. The number of halogens is 4. The van der Waals surface area contributed by atoms with E-state index in [0.29, 0.717) is 5.02 Å². The average molecular weight is 474 g/mol. The zero-order valence-electron chi connectivity index (χ0n) is 14.4. The first kappa shape index (κ1) is 21.4. The Balaban J connectivity index is 1.80. The van der Waals surface area contributed by atoms with E-state index in [2.05, 4.69) is 10.0 Å². The Kier molecular flexibility index (Phi) is 6.33. The monoisotopic (exact) mass is 472 g/mol. The fraction of sp³-hybridized carbons (Fsp3) is 0. The quantitative estimate of drug-likeness (QED) is 0.489. The highest BCUT2D eigenvalue weighted by atomic mass is 35.5. The van der Waals surface area contributed by atoms with E-state index in [1.54, 1.807) is 0 Å². The number of sulfonamides is 1. The van der Waals surface area contributed by atoms with E-state index in [4.69, 9.17) is 34.8 Å². The van der Waals surface area contributed by atoms with Crippen LogP contribution >= 0.6 is 34.8 Å². The third-order valence-electron chi connectivity index (χ3n) is 3.72. The average Bonchev–Trinajstić information content (AvgIpc) is 2.62. The summed E-state index contributed by atoms with van der Waals surface area (Å²) in [4.78, 5) is 11.9. The lowest BCUT2D eigenvalue weighted by molar-refractivity contribution is 0.102. The van der Waals surface area contributed by atoms with Crippen molar-refractivity contribution in [3.8, 4) is 0 Å².